The lowest BCUT2D eigenvalue weighted by atomic mass is 9.76. The molecule has 3 aromatic rings. The predicted octanol–water partition coefficient (Wildman–Crippen LogP) is 8.60. The standard InChI is InChI=1S/C37H36N2/c1-27(26-36(32-21-11-6-12-22-32)39-29(3)30-17-8-5-9-18-30)33-24-15-25-35-37(33)34-23-14-13-20-31(34)19-10-4-7-16-28(2)38-35/h4-18,20-26,29,35,37-38H,2,19H2,1,3H3/b10-4-,16-7-,27-26+,39-36?. The van der Waals surface area contributed by atoms with Gasteiger partial charge in [0.25, 0.3) is 0 Å². The van der Waals surface area contributed by atoms with Crippen LogP contribution in [0.1, 0.15) is 48.1 Å². The molecule has 0 fully saturated rings. The van der Waals surface area contributed by atoms with Crippen molar-refractivity contribution in [2.24, 2.45) is 4.99 Å². The Morgan fingerprint density at radius 1 is 0.923 bits per heavy atom. The van der Waals surface area contributed by atoms with E-state index in [-0.39, 0.29) is 18.0 Å². The third-order valence-electron chi connectivity index (χ3n) is 7.41. The Hall–Kier alpha value is -4.43. The van der Waals surface area contributed by atoms with Crippen LogP contribution in [-0.2, 0) is 6.42 Å². The maximum absolute atomic E-state index is 5.23. The smallest absolute Gasteiger partial charge is 0.0728 e. The van der Waals surface area contributed by atoms with E-state index in [1.807, 2.05) is 6.08 Å². The summed E-state index contributed by atoms with van der Waals surface area (Å²) in [4.78, 5) is 5.23. The molecule has 1 heterocycles. The van der Waals surface area contributed by atoms with Gasteiger partial charge in [-0.05, 0) is 65.8 Å². The van der Waals surface area contributed by atoms with Crippen LogP contribution < -0.4 is 5.32 Å². The molecule has 0 amide bonds. The topological polar surface area (TPSA) is 24.4 Å². The second kappa shape index (κ2) is 12.4. The fourth-order valence-corrected chi connectivity index (χ4v) is 5.39. The number of rotatable bonds is 5. The van der Waals surface area contributed by atoms with Gasteiger partial charge in [0.15, 0.2) is 0 Å². The Labute approximate surface area is 233 Å². The number of benzene rings is 3. The molecule has 39 heavy (non-hydrogen) atoms. The quantitative estimate of drug-likeness (QED) is 0.343. The molecule has 2 aliphatic rings. The van der Waals surface area contributed by atoms with E-state index in [1.165, 1.54) is 27.8 Å². The minimum absolute atomic E-state index is 0.0418. The maximum atomic E-state index is 5.23. The lowest BCUT2D eigenvalue weighted by Crippen LogP contribution is -2.35. The number of nitrogens with one attached hydrogen (secondary N) is 1. The second-order valence-electron chi connectivity index (χ2n) is 10.2. The largest absolute Gasteiger partial charge is 0.378 e. The van der Waals surface area contributed by atoms with Crippen molar-refractivity contribution >= 4 is 5.71 Å². The Morgan fingerprint density at radius 2 is 1.64 bits per heavy atom. The van der Waals surface area contributed by atoms with Crippen LogP contribution in [0.2, 0.25) is 0 Å². The van der Waals surface area contributed by atoms with Gasteiger partial charge in [0.2, 0.25) is 0 Å². The van der Waals surface area contributed by atoms with Crippen molar-refractivity contribution in [2.45, 2.75) is 38.3 Å². The number of nitrogens with zero attached hydrogens (tertiary/aromatic N) is 1. The molecule has 1 N–H and O–H groups in total. The van der Waals surface area contributed by atoms with Gasteiger partial charge in [-0.15, -0.1) is 0 Å². The maximum Gasteiger partial charge on any atom is 0.0728 e. The summed E-state index contributed by atoms with van der Waals surface area (Å²) in [5.41, 5.74) is 9.41. The Balaban J connectivity index is 1.59. The van der Waals surface area contributed by atoms with Crippen molar-refractivity contribution in [3.05, 3.63) is 179 Å². The third-order valence-corrected chi connectivity index (χ3v) is 7.41. The molecular formula is C37H36N2. The highest BCUT2D eigenvalue weighted by Gasteiger charge is 2.29. The number of aliphatic imine (C=N–C) groups is 1. The van der Waals surface area contributed by atoms with Crippen LogP contribution in [-0.4, -0.2) is 11.8 Å². The molecule has 0 saturated carbocycles. The van der Waals surface area contributed by atoms with Gasteiger partial charge in [0, 0.05) is 11.6 Å². The van der Waals surface area contributed by atoms with Gasteiger partial charge >= 0.3 is 0 Å². The highest BCUT2D eigenvalue weighted by atomic mass is 14.9. The molecule has 2 nitrogen and oxygen atoms in total. The predicted molar refractivity (Wildman–Crippen MR) is 166 cm³/mol. The fraction of sp³-hybridized carbons (Fsp3) is 0.162. The van der Waals surface area contributed by atoms with E-state index in [2.05, 4.69) is 153 Å². The normalized spacial score (nSPS) is 21.9. The number of hydrogen-bond donors (Lipinski definition) is 1. The van der Waals surface area contributed by atoms with E-state index in [9.17, 15) is 0 Å². The van der Waals surface area contributed by atoms with Crippen LogP contribution in [0.4, 0.5) is 0 Å². The first kappa shape index (κ1) is 26.2. The van der Waals surface area contributed by atoms with Gasteiger partial charge in [0.05, 0.1) is 17.8 Å². The van der Waals surface area contributed by atoms with Gasteiger partial charge in [-0.1, -0.05) is 128 Å². The Morgan fingerprint density at radius 3 is 2.44 bits per heavy atom. The molecular weight excluding hydrogens is 472 g/mol. The van der Waals surface area contributed by atoms with Crippen molar-refractivity contribution in [3.8, 4) is 0 Å². The summed E-state index contributed by atoms with van der Waals surface area (Å²) in [6.45, 7) is 8.65. The van der Waals surface area contributed by atoms with Crippen molar-refractivity contribution in [2.75, 3.05) is 0 Å². The molecule has 194 valence electrons. The van der Waals surface area contributed by atoms with Crippen LogP contribution in [0.3, 0.4) is 0 Å². The minimum atomic E-state index is 0.0418. The summed E-state index contributed by atoms with van der Waals surface area (Å²) in [7, 11) is 0. The van der Waals surface area contributed by atoms with Crippen LogP contribution >= 0.6 is 0 Å². The summed E-state index contributed by atoms with van der Waals surface area (Å²) in [6.07, 6.45) is 18.3. The van der Waals surface area contributed by atoms with Crippen molar-refractivity contribution in [3.63, 3.8) is 0 Å². The van der Waals surface area contributed by atoms with Gasteiger partial charge in [-0.2, -0.15) is 0 Å². The summed E-state index contributed by atoms with van der Waals surface area (Å²) in [5.74, 6) is 0.141. The van der Waals surface area contributed by atoms with Gasteiger partial charge in [-0.25, -0.2) is 0 Å². The SMILES string of the molecule is C=C1/C=C\C=C/Cc2ccccc2C2C(/C(C)=C/C(=NC(C)c3ccccc3)c3ccccc3)=CC=CC2N1. The van der Waals surface area contributed by atoms with E-state index in [0.29, 0.717) is 0 Å². The first-order valence-corrected chi connectivity index (χ1v) is 13.7. The zero-order chi connectivity index (χ0) is 27.0. The lowest BCUT2D eigenvalue weighted by Gasteiger charge is -2.33. The van der Waals surface area contributed by atoms with Gasteiger partial charge in [0.1, 0.15) is 0 Å². The highest BCUT2D eigenvalue weighted by molar-refractivity contribution is 6.09. The molecule has 3 unspecified atom stereocenters. The fourth-order valence-electron chi connectivity index (χ4n) is 5.39. The molecule has 1 aliphatic carbocycles. The molecule has 2 heteroatoms. The number of fused-ring (bicyclic) bond motifs is 3. The van der Waals surface area contributed by atoms with Crippen LogP contribution in [0, 0.1) is 0 Å². The monoisotopic (exact) mass is 508 g/mol. The van der Waals surface area contributed by atoms with Crippen LogP contribution in [0.5, 0.6) is 0 Å². The van der Waals surface area contributed by atoms with Crippen LogP contribution in [0.15, 0.2) is 162 Å². The first-order valence-electron chi connectivity index (χ1n) is 13.7. The summed E-state index contributed by atoms with van der Waals surface area (Å²) in [6, 6.07) is 29.9. The Bertz CT molecular complexity index is 1480. The molecule has 5 rings (SSSR count). The lowest BCUT2D eigenvalue weighted by molar-refractivity contribution is 0.592. The molecule has 0 bridgehead atoms. The zero-order valence-electron chi connectivity index (χ0n) is 22.8. The molecule has 3 aromatic carbocycles. The van der Waals surface area contributed by atoms with Gasteiger partial charge in [-0.3, -0.25) is 4.99 Å². The summed E-state index contributed by atoms with van der Waals surface area (Å²) >= 11 is 0. The van der Waals surface area contributed by atoms with Crippen molar-refractivity contribution in [1.82, 2.24) is 5.32 Å². The second-order valence-corrected chi connectivity index (χ2v) is 10.2. The van der Waals surface area contributed by atoms with E-state index >= 15 is 0 Å². The first-order chi connectivity index (χ1) is 19.1. The molecule has 1 aliphatic heterocycles. The summed E-state index contributed by atoms with van der Waals surface area (Å²) < 4.78 is 0. The minimum Gasteiger partial charge on any atom is -0.378 e. The van der Waals surface area contributed by atoms with E-state index in [4.69, 9.17) is 4.99 Å². The van der Waals surface area contributed by atoms with Crippen molar-refractivity contribution in [1.29, 1.82) is 0 Å². The third kappa shape index (κ3) is 6.35. The zero-order valence-corrected chi connectivity index (χ0v) is 22.8. The average molecular weight is 509 g/mol. The molecule has 0 aromatic heterocycles. The molecule has 0 spiro atoms. The number of hydrogen-bond acceptors (Lipinski definition) is 2. The molecule has 0 saturated heterocycles. The highest BCUT2D eigenvalue weighted by Crippen LogP contribution is 2.38. The van der Waals surface area contributed by atoms with E-state index in [0.717, 1.165) is 23.4 Å². The van der Waals surface area contributed by atoms with E-state index < -0.39 is 0 Å². The van der Waals surface area contributed by atoms with Crippen molar-refractivity contribution < 1.29 is 0 Å². The average Bonchev–Trinajstić information content (AvgIpc) is 3.00. The number of allylic oxidation sites excluding steroid dienone is 8. The Kier molecular flexibility index (Phi) is 8.33. The summed E-state index contributed by atoms with van der Waals surface area (Å²) in [5, 5.41) is 3.68. The van der Waals surface area contributed by atoms with Gasteiger partial charge < -0.3 is 5.32 Å². The molecule has 0 radical (unpaired) electrons. The van der Waals surface area contributed by atoms with E-state index in [1.54, 1.807) is 0 Å². The molecule has 3 atom stereocenters. The van der Waals surface area contributed by atoms with Crippen LogP contribution in [0.25, 0.3) is 0 Å².